The molecule has 3 aromatic rings. The summed E-state index contributed by atoms with van der Waals surface area (Å²) in [5.74, 6) is -0.674. The number of hydrogen-bond donors (Lipinski definition) is 0. The minimum absolute atomic E-state index is 0.0862. The first-order chi connectivity index (χ1) is 15.5. The van der Waals surface area contributed by atoms with Gasteiger partial charge in [-0.05, 0) is 66.2 Å². The number of thiophene rings is 1. The first kappa shape index (κ1) is 24.9. The van der Waals surface area contributed by atoms with Crippen LogP contribution in [-0.2, 0) is 9.53 Å². The minimum Gasteiger partial charge on any atom is -0.459 e. The minimum atomic E-state index is -0.623. The predicted molar refractivity (Wildman–Crippen MR) is 132 cm³/mol. The third-order valence-corrected chi connectivity index (χ3v) is 5.80. The second-order valence-corrected chi connectivity index (χ2v) is 10.5. The van der Waals surface area contributed by atoms with Crippen LogP contribution in [0, 0.1) is 0 Å². The number of nitrogens with zero attached hydrogens (tertiary/aromatic N) is 5. The fourth-order valence-corrected chi connectivity index (χ4v) is 4.08. The van der Waals surface area contributed by atoms with Crippen molar-refractivity contribution in [2.45, 2.75) is 46.3 Å². The van der Waals surface area contributed by atoms with E-state index in [2.05, 4.69) is 5.10 Å². The Morgan fingerprint density at radius 1 is 1.21 bits per heavy atom. The van der Waals surface area contributed by atoms with Crippen LogP contribution in [0.1, 0.15) is 51.0 Å². The number of hydrogen-bond acceptors (Lipinski definition) is 7. The van der Waals surface area contributed by atoms with Gasteiger partial charge in [-0.15, -0.1) is 11.3 Å². The molecule has 1 amide bonds. The molecular weight excluding hydrogens is 438 g/mol. The van der Waals surface area contributed by atoms with Crippen LogP contribution in [0.15, 0.2) is 29.8 Å². The normalized spacial score (nSPS) is 12.0. The van der Waals surface area contributed by atoms with Gasteiger partial charge in [0.05, 0.1) is 27.7 Å². The summed E-state index contributed by atoms with van der Waals surface area (Å²) >= 11 is 1.56. The molecule has 33 heavy (non-hydrogen) atoms. The number of carbonyl (C=O) groups excluding carboxylic acids is 2. The largest absolute Gasteiger partial charge is 0.459 e. The molecule has 3 aromatic heterocycles. The Hall–Kier alpha value is -2.78. The third kappa shape index (κ3) is 6.17. The van der Waals surface area contributed by atoms with E-state index in [9.17, 15) is 9.59 Å². The molecule has 0 spiro atoms. The lowest BCUT2D eigenvalue weighted by molar-refractivity contribution is -0.155. The molecule has 0 unspecified atom stereocenters. The topological polar surface area (TPSA) is 80.6 Å². The first-order valence-corrected chi connectivity index (χ1v) is 11.9. The number of esters is 1. The molecule has 0 saturated carbocycles. The smallest absolute Gasteiger partial charge is 0.326 e. The highest BCUT2D eigenvalue weighted by Crippen LogP contribution is 2.29. The summed E-state index contributed by atoms with van der Waals surface area (Å²) in [5, 5.41) is 7.14. The van der Waals surface area contributed by atoms with E-state index < -0.39 is 11.6 Å². The van der Waals surface area contributed by atoms with E-state index in [1.807, 2.05) is 75.8 Å². The number of rotatable bonds is 8. The van der Waals surface area contributed by atoms with Crippen molar-refractivity contribution in [1.82, 2.24) is 24.6 Å². The molecule has 0 radical (unpaired) electrons. The average molecular weight is 472 g/mol. The fourth-order valence-electron chi connectivity index (χ4n) is 3.40. The summed E-state index contributed by atoms with van der Waals surface area (Å²) in [6.45, 7) is 10.4. The Morgan fingerprint density at radius 2 is 1.94 bits per heavy atom. The Labute approximate surface area is 199 Å². The first-order valence-electron chi connectivity index (χ1n) is 11.0. The zero-order valence-corrected chi connectivity index (χ0v) is 21.3. The average Bonchev–Trinajstić information content (AvgIpc) is 3.37. The lowest BCUT2D eigenvalue weighted by Gasteiger charge is -2.26. The van der Waals surface area contributed by atoms with Crippen molar-refractivity contribution >= 4 is 34.2 Å². The Morgan fingerprint density at radius 3 is 2.52 bits per heavy atom. The molecule has 0 saturated heterocycles. The van der Waals surface area contributed by atoms with Crippen LogP contribution in [-0.4, -0.2) is 75.8 Å². The molecule has 178 valence electrons. The molecule has 0 N–H and O–H groups in total. The summed E-state index contributed by atoms with van der Waals surface area (Å²) in [7, 11) is 3.87. The van der Waals surface area contributed by atoms with Gasteiger partial charge in [0.15, 0.2) is 5.65 Å². The zero-order valence-electron chi connectivity index (χ0n) is 20.5. The summed E-state index contributed by atoms with van der Waals surface area (Å²) in [5.41, 5.74) is 1.23. The molecule has 0 aromatic carbocycles. The van der Waals surface area contributed by atoms with Crippen molar-refractivity contribution in [1.29, 1.82) is 0 Å². The molecule has 0 aliphatic heterocycles. The maximum absolute atomic E-state index is 13.8. The van der Waals surface area contributed by atoms with Crippen molar-refractivity contribution in [3.8, 4) is 10.6 Å². The van der Waals surface area contributed by atoms with Gasteiger partial charge in [-0.25, -0.2) is 9.67 Å². The second kappa shape index (κ2) is 10.0. The molecule has 0 atom stereocenters. The summed E-state index contributed by atoms with van der Waals surface area (Å²) in [6, 6.07) is 5.83. The number of amides is 1. The van der Waals surface area contributed by atoms with Crippen LogP contribution in [0.25, 0.3) is 21.6 Å². The van der Waals surface area contributed by atoms with E-state index in [4.69, 9.17) is 9.72 Å². The van der Waals surface area contributed by atoms with Crippen LogP contribution in [0.4, 0.5) is 0 Å². The standard InChI is InChI=1S/C24H33N5O3S/c1-16(2)29-22-18(14-25-29)17(13-19(26-22)20-9-8-12-33-20)23(31)28(11-10-27(6)7)15-21(30)32-24(3,4)5/h8-9,12-14,16H,10-11,15H2,1-7H3. The molecule has 3 heterocycles. The number of fused-ring (bicyclic) bond motifs is 1. The van der Waals surface area contributed by atoms with Gasteiger partial charge >= 0.3 is 5.97 Å². The van der Waals surface area contributed by atoms with Gasteiger partial charge in [0.25, 0.3) is 5.91 Å². The highest BCUT2D eigenvalue weighted by molar-refractivity contribution is 7.13. The number of aromatic nitrogens is 3. The molecule has 0 aliphatic rings. The van der Waals surface area contributed by atoms with Crippen LogP contribution in [0.3, 0.4) is 0 Å². The van der Waals surface area contributed by atoms with Gasteiger partial charge < -0.3 is 14.5 Å². The van der Waals surface area contributed by atoms with Gasteiger partial charge in [0.2, 0.25) is 0 Å². The zero-order chi connectivity index (χ0) is 24.3. The molecular formula is C24H33N5O3S. The van der Waals surface area contributed by atoms with E-state index in [0.717, 1.165) is 4.88 Å². The lowest BCUT2D eigenvalue weighted by Crippen LogP contribution is -2.42. The monoisotopic (exact) mass is 471 g/mol. The number of pyridine rings is 1. The van der Waals surface area contributed by atoms with Crippen molar-refractivity contribution in [2.75, 3.05) is 33.7 Å². The van der Waals surface area contributed by atoms with Gasteiger partial charge in [-0.1, -0.05) is 6.07 Å². The van der Waals surface area contributed by atoms with Crippen LogP contribution >= 0.6 is 11.3 Å². The quantitative estimate of drug-likeness (QED) is 0.461. The van der Waals surface area contributed by atoms with E-state index in [1.54, 1.807) is 28.5 Å². The predicted octanol–water partition coefficient (Wildman–Crippen LogP) is 4.09. The SMILES string of the molecule is CC(C)n1ncc2c(C(=O)N(CCN(C)C)CC(=O)OC(C)(C)C)cc(-c3cccs3)nc21. The van der Waals surface area contributed by atoms with E-state index in [1.165, 1.54) is 0 Å². The Balaban J connectivity index is 2.06. The Kier molecular flexibility index (Phi) is 7.54. The van der Waals surface area contributed by atoms with Crippen LogP contribution in [0.5, 0.6) is 0 Å². The highest BCUT2D eigenvalue weighted by Gasteiger charge is 2.26. The molecule has 0 bridgehead atoms. The maximum atomic E-state index is 13.8. The van der Waals surface area contributed by atoms with Crippen molar-refractivity contribution in [3.63, 3.8) is 0 Å². The van der Waals surface area contributed by atoms with Crippen molar-refractivity contribution in [2.24, 2.45) is 0 Å². The molecule has 0 fully saturated rings. The van der Waals surface area contributed by atoms with Crippen LogP contribution < -0.4 is 0 Å². The van der Waals surface area contributed by atoms with E-state index in [-0.39, 0.29) is 18.5 Å². The molecule has 0 aliphatic carbocycles. The number of ether oxygens (including phenoxy) is 1. The van der Waals surface area contributed by atoms with Crippen molar-refractivity contribution < 1.29 is 14.3 Å². The van der Waals surface area contributed by atoms with Gasteiger partial charge in [0, 0.05) is 19.1 Å². The molecule has 3 rings (SSSR count). The van der Waals surface area contributed by atoms with Gasteiger partial charge in [0.1, 0.15) is 12.1 Å². The van der Waals surface area contributed by atoms with Gasteiger partial charge in [-0.3, -0.25) is 9.59 Å². The number of carbonyl (C=O) groups is 2. The van der Waals surface area contributed by atoms with Crippen molar-refractivity contribution in [3.05, 3.63) is 35.3 Å². The summed E-state index contributed by atoms with van der Waals surface area (Å²) < 4.78 is 7.31. The highest BCUT2D eigenvalue weighted by atomic mass is 32.1. The molecule has 9 heteroatoms. The van der Waals surface area contributed by atoms with E-state index in [0.29, 0.717) is 35.4 Å². The second-order valence-electron chi connectivity index (χ2n) is 9.57. The molecule has 8 nitrogen and oxygen atoms in total. The summed E-state index contributed by atoms with van der Waals surface area (Å²) in [6.07, 6.45) is 1.69. The third-order valence-electron chi connectivity index (χ3n) is 4.90. The fraction of sp³-hybridized carbons (Fsp3) is 0.500. The lowest BCUT2D eigenvalue weighted by atomic mass is 10.1. The maximum Gasteiger partial charge on any atom is 0.326 e. The van der Waals surface area contributed by atoms with Crippen LogP contribution in [0.2, 0.25) is 0 Å². The number of likely N-dealkylation sites (N-methyl/N-ethyl adjacent to an activating group) is 1. The Bertz CT molecular complexity index is 1110. The van der Waals surface area contributed by atoms with E-state index >= 15 is 0 Å². The van der Waals surface area contributed by atoms with Gasteiger partial charge in [-0.2, -0.15) is 5.10 Å². The summed E-state index contributed by atoms with van der Waals surface area (Å²) in [4.78, 5) is 35.7.